The number of hydrogen-bond acceptors (Lipinski definition) is 7. The molecule has 2 heterocycles. The minimum atomic E-state index is -1.09. The predicted octanol–water partition coefficient (Wildman–Crippen LogP) is 2.71. The van der Waals surface area contributed by atoms with Gasteiger partial charge in [0, 0.05) is 24.7 Å². The summed E-state index contributed by atoms with van der Waals surface area (Å²) in [6, 6.07) is 16.7. The zero-order chi connectivity index (χ0) is 31.5. The first-order valence-electron chi connectivity index (χ1n) is 15.1. The molecular formula is C33H44N6O5. The van der Waals surface area contributed by atoms with Crippen molar-refractivity contribution >= 4 is 17.9 Å². The summed E-state index contributed by atoms with van der Waals surface area (Å²) in [7, 11) is 0. The summed E-state index contributed by atoms with van der Waals surface area (Å²) in [5.41, 5.74) is 2.13. The number of imidazole rings is 1. The van der Waals surface area contributed by atoms with E-state index < -0.39 is 30.2 Å². The molecule has 1 fully saturated rings. The van der Waals surface area contributed by atoms with E-state index in [-0.39, 0.29) is 37.1 Å². The van der Waals surface area contributed by atoms with Crippen LogP contribution in [0.25, 0.3) is 0 Å². The number of aromatic nitrogens is 2. The van der Waals surface area contributed by atoms with Crippen LogP contribution in [0.2, 0.25) is 0 Å². The average Bonchev–Trinajstić information content (AvgIpc) is 3.72. The van der Waals surface area contributed by atoms with Crippen molar-refractivity contribution in [3.05, 3.63) is 90.0 Å². The lowest BCUT2D eigenvalue weighted by molar-refractivity contribution is -0.127. The fraction of sp³-hybridized carbons (Fsp3) is 0.455. The third-order valence-electron chi connectivity index (χ3n) is 7.78. The fourth-order valence-electron chi connectivity index (χ4n) is 5.47. The number of aliphatic hydroxyl groups is 1. The van der Waals surface area contributed by atoms with Gasteiger partial charge in [-0.15, -0.1) is 0 Å². The van der Waals surface area contributed by atoms with Crippen molar-refractivity contribution in [1.82, 2.24) is 30.8 Å². The molecule has 1 aliphatic rings. The molecule has 4 rings (SSSR count). The topological polar surface area (TPSA) is 149 Å². The van der Waals surface area contributed by atoms with Crippen LogP contribution in [0.4, 0.5) is 4.79 Å². The molecule has 2 aromatic carbocycles. The van der Waals surface area contributed by atoms with E-state index in [1.807, 2.05) is 60.7 Å². The van der Waals surface area contributed by atoms with Crippen LogP contribution in [0.15, 0.2) is 73.2 Å². The van der Waals surface area contributed by atoms with Crippen LogP contribution in [0.1, 0.15) is 50.4 Å². The molecule has 0 aliphatic carbocycles. The molecule has 1 saturated heterocycles. The zero-order valence-corrected chi connectivity index (χ0v) is 25.7. The van der Waals surface area contributed by atoms with Gasteiger partial charge < -0.3 is 30.8 Å². The van der Waals surface area contributed by atoms with Gasteiger partial charge in [-0.1, -0.05) is 60.7 Å². The number of ether oxygens (including phenoxy) is 1. The second-order valence-electron chi connectivity index (χ2n) is 12.2. The number of aromatic amines is 1. The van der Waals surface area contributed by atoms with E-state index in [1.54, 1.807) is 6.20 Å². The number of carbonyl (C=O) groups is 3. The Morgan fingerprint density at radius 1 is 1.02 bits per heavy atom. The number of likely N-dealkylation sites (tertiary alicyclic amines) is 1. The third kappa shape index (κ3) is 9.65. The van der Waals surface area contributed by atoms with Gasteiger partial charge in [0.2, 0.25) is 11.8 Å². The smallest absolute Gasteiger partial charge is 0.408 e. The van der Waals surface area contributed by atoms with Gasteiger partial charge in [0.25, 0.3) is 0 Å². The number of nitrogens with one attached hydrogen (secondary N) is 4. The Labute approximate surface area is 258 Å². The molecule has 44 heavy (non-hydrogen) atoms. The third-order valence-corrected chi connectivity index (χ3v) is 7.78. The second kappa shape index (κ2) is 15.5. The molecule has 1 aliphatic heterocycles. The predicted molar refractivity (Wildman–Crippen MR) is 166 cm³/mol. The number of amides is 3. The number of carbonyl (C=O) groups excluding carboxylic acids is 3. The highest BCUT2D eigenvalue weighted by Crippen LogP contribution is 2.26. The summed E-state index contributed by atoms with van der Waals surface area (Å²) in [4.78, 5) is 48.8. The van der Waals surface area contributed by atoms with Crippen molar-refractivity contribution < 1.29 is 24.2 Å². The molecule has 3 aromatic rings. The Morgan fingerprint density at radius 3 is 2.34 bits per heavy atom. The minimum Gasteiger partial charge on any atom is -0.445 e. The molecule has 0 saturated carbocycles. The molecule has 4 atom stereocenters. The average molecular weight is 605 g/mol. The van der Waals surface area contributed by atoms with Gasteiger partial charge in [-0.2, -0.15) is 0 Å². The van der Waals surface area contributed by atoms with Crippen molar-refractivity contribution in [3.8, 4) is 0 Å². The first-order chi connectivity index (χ1) is 21.1. The summed E-state index contributed by atoms with van der Waals surface area (Å²) in [5.74, 6) is -0.647. The summed E-state index contributed by atoms with van der Waals surface area (Å²) in [5, 5.41) is 19.8. The number of nitrogens with zero attached hydrogens (tertiary/aromatic N) is 2. The molecule has 11 nitrogen and oxygen atoms in total. The van der Waals surface area contributed by atoms with Gasteiger partial charge in [-0.3, -0.25) is 14.5 Å². The van der Waals surface area contributed by atoms with Crippen LogP contribution in [-0.4, -0.2) is 80.7 Å². The summed E-state index contributed by atoms with van der Waals surface area (Å²) >= 11 is 0. The van der Waals surface area contributed by atoms with E-state index in [9.17, 15) is 19.5 Å². The van der Waals surface area contributed by atoms with Gasteiger partial charge >= 0.3 is 6.09 Å². The first kappa shape index (κ1) is 32.7. The molecule has 0 unspecified atom stereocenters. The lowest BCUT2D eigenvalue weighted by Gasteiger charge is -2.36. The molecule has 1 aromatic heterocycles. The van der Waals surface area contributed by atoms with E-state index in [0.29, 0.717) is 12.1 Å². The molecule has 0 radical (unpaired) electrons. The van der Waals surface area contributed by atoms with E-state index in [4.69, 9.17) is 4.74 Å². The molecule has 0 spiro atoms. The number of hydrogen-bond donors (Lipinski definition) is 5. The summed E-state index contributed by atoms with van der Waals surface area (Å²) < 4.78 is 5.36. The van der Waals surface area contributed by atoms with Crippen LogP contribution in [0, 0.1) is 0 Å². The second-order valence-corrected chi connectivity index (χ2v) is 12.2. The minimum absolute atomic E-state index is 0.0400. The van der Waals surface area contributed by atoms with Crippen LogP contribution >= 0.6 is 0 Å². The van der Waals surface area contributed by atoms with Crippen LogP contribution < -0.4 is 16.0 Å². The zero-order valence-electron chi connectivity index (χ0n) is 25.7. The fourth-order valence-corrected chi connectivity index (χ4v) is 5.47. The van der Waals surface area contributed by atoms with Crippen LogP contribution in [0.5, 0.6) is 0 Å². The Hall–Kier alpha value is -4.22. The largest absolute Gasteiger partial charge is 0.445 e. The maximum Gasteiger partial charge on any atom is 0.408 e. The van der Waals surface area contributed by atoms with Crippen LogP contribution in [-0.2, 0) is 33.8 Å². The Morgan fingerprint density at radius 2 is 1.70 bits per heavy atom. The lowest BCUT2D eigenvalue weighted by atomic mass is 9.99. The van der Waals surface area contributed by atoms with E-state index in [1.165, 1.54) is 6.33 Å². The first-order valence-corrected chi connectivity index (χ1v) is 15.1. The Bertz CT molecular complexity index is 1330. The van der Waals surface area contributed by atoms with Gasteiger partial charge in [0.05, 0.1) is 30.2 Å². The summed E-state index contributed by atoms with van der Waals surface area (Å²) in [6.45, 7) is 7.11. The molecule has 3 amide bonds. The number of rotatable bonds is 13. The van der Waals surface area contributed by atoms with Gasteiger partial charge in [0.1, 0.15) is 12.6 Å². The van der Waals surface area contributed by atoms with Gasteiger partial charge in [-0.05, 0) is 57.7 Å². The SMILES string of the molecule is CC(C)(C)N1CCC[C@H]1C(=O)NC[C@@H](O)[C@H](Cc1ccccc1)NC(=O)[C@H](Cc1c[nH]cn1)NC(=O)OCc1ccccc1. The van der Waals surface area contributed by atoms with Crippen molar-refractivity contribution in [2.45, 2.75) is 82.8 Å². The van der Waals surface area contributed by atoms with Crippen molar-refractivity contribution in [2.75, 3.05) is 13.1 Å². The van der Waals surface area contributed by atoms with Crippen molar-refractivity contribution in [1.29, 1.82) is 0 Å². The monoisotopic (exact) mass is 604 g/mol. The maximum absolute atomic E-state index is 13.7. The Kier molecular flexibility index (Phi) is 11.5. The maximum atomic E-state index is 13.7. The summed E-state index contributed by atoms with van der Waals surface area (Å²) in [6.07, 6.45) is 3.40. The van der Waals surface area contributed by atoms with E-state index in [0.717, 1.165) is 30.5 Å². The van der Waals surface area contributed by atoms with Gasteiger partial charge in [-0.25, -0.2) is 9.78 Å². The molecule has 0 bridgehead atoms. The Balaban J connectivity index is 1.43. The highest BCUT2D eigenvalue weighted by molar-refractivity contribution is 5.86. The van der Waals surface area contributed by atoms with E-state index in [2.05, 4.69) is 51.6 Å². The normalized spacial score (nSPS) is 17.3. The highest BCUT2D eigenvalue weighted by atomic mass is 16.5. The van der Waals surface area contributed by atoms with Crippen molar-refractivity contribution in [3.63, 3.8) is 0 Å². The number of benzene rings is 2. The molecule has 11 heteroatoms. The molecule has 236 valence electrons. The number of aliphatic hydroxyl groups excluding tert-OH is 1. The number of alkyl carbamates (subject to hydrolysis) is 1. The highest BCUT2D eigenvalue weighted by Gasteiger charge is 2.37. The number of H-pyrrole nitrogens is 1. The van der Waals surface area contributed by atoms with Crippen LogP contribution in [0.3, 0.4) is 0 Å². The van der Waals surface area contributed by atoms with Gasteiger partial charge in [0.15, 0.2) is 0 Å². The molecule has 5 N–H and O–H groups in total. The quantitative estimate of drug-likeness (QED) is 0.201. The molecular weight excluding hydrogens is 560 g/mol. The lowest BCUT2D eigenvalue weighted by Crippen LogP contribution is -2.57. The standard InChI is InChI=1S/C33H44N6O5/c1-33(2,3)39-16-10-15-28(39)31(42)35-20-29(40)26(17-23-11-6-4-7-12-23)37-30(41)27(18-25-19-34-22-36-25)38-32(43)44-21-24-13-8-5-9-14-24/h4-9,11-14,19,22,26-29,40H,10,15-18,20-21H2,1-3H3,(H,34,36)(H,35,42)(H,37,41)(H,38,43)/t26-,27-,28-,29+/m0/s1. The van der Waals surface area contributed by atoms with E-state index >= 15 is 0 Å². The van der Waals surface area contributed by atoms with Crippen molar-refractivity contribution in [2.24, 2.45) is 0 Å².